The van der Waals surface area contributed by atoms with Crippen LogP contribution in [0, 0.1) is 0 Å². The molecule has 1 fully saturated rings. The van der Waals surface area contributed by atoms with E-state index in [-0.39, 0.29) is 11.0 Å². The lowest BCUT2D eigenvalue weighted by Gasteiger charge is -2.23. The Kier molecular flexibility index (Phi) is 4.21. The summed E-state index contributed by atoms with van der Waals surface area (Å²) in [5.74, 6) is 0. The molecule has 0 spiro atoms. The van der Waals surface area contributed by atoms with Crippen LogP contribution in [0.5, 0.6) is 0 Å². The first-order valence-electron chi connectivity index (χ1n) is 6.04. The second kappa shape index (κ2) is 5.69. The van der Waals surface area contributed by atoms with E-state index in [1.165, 1.54) is 18.6 Å². The molecule has 1 atom stereocenters. The van der Waals surface area contributed by atoms with E-state index in [2.05, 4.69) is 5.32 Å². The molecule has 1 unspecified atom stereocenters. The molecule has 0 bridgehead atoms. The molecule has 1 aromatic rings. The quantitative estimate of drug-likeness (QED) is 0.864. The van der Waals surface area contributed by atoms with Crippen LogP contribution in [0.3, 0.4) is 0 Å². The molecule has 1 aromatic carbocycles. The Hall–Kier alpha value is -1.11. The van der Waals surface area contributed by atoms with Gasteiger partial charge in [-0.2, -0.15) is 0 Å². The number of hydrogen-bond donors (Lipinski definition) is 2. The third kappa shape index (κ3) is 3.69. The Morgan fingerprint density at radius 2 is 2.00 bits per heavy atom. The van der Waals surface area contributed by atoms with Crippen LogP contribution in [0.2, 0.25) is 0 Å². The van der Waals surface area contributed by atoms with Gasteiger partial charge in [-0.15, -0.1) is 0 Å². The first-order chi connectivity index (χ1) is 8.55. The van der Waals surface area contributed by atoms with Crippen molar-refractivity contribution in [3.63, 3.8) is 0 Å². The van der Waals surface area contributed by atoms with E-state index in [0.29, 0.717) is 0 Å². The highest BCUT2D eigenvalue weighted by Crippen LogP contribution is 2.16. The van der Waals surface area contributed by atoms with Crippen LogP contribution >= 0.6 is 0 Å². The lowest BCUT2D eigenvalue weighted by Crippen LogP contribution is -2.26. The SMILES string of the molecule is NS(=O)(=O)c1ccc(NCC2CCCCO2)cc1. The molecular weight excluding hydrogens is 252 g/mol. The zero-order valence-corrected chi connectivity index (χ0v) is 10.9. The molecule has 1 saturated heterocycles. The van der Waals surface area contributed by atoms with E-state index in [9.17, 15) is 8.42 Å². The molecule has 3 N–H and O–H groups in total. The number of ether oxygens (including phenoxy) is 1. The van der Waals surface area contributed by atoms with Crippen molar-refractivity contribution in [1.82, 2.24) is 0 Å². The van der Waals surface area contributed by atoms with Crippen molar-refractivity contribution < 1.29 is 13.2 Å². The zero-order valence-electron chi connectivity index (χ0n) is 10.1. The summed E-state index contributed by atoms with van der Waals surface area (Å²) in [6.07, 6.45) is 3.66. The van der Waals surface area contributed by atoms with Crippen LogP contribution in [0.1, 0.15) is 19.3 Å². The lowest BCUT2D eigenvalue weighted by molar-refractivity contribution is 0.0247. The van der Waals surface area contributed by atoms with Crippen LogP contribution in [0.25, 0.3) is 0 Å². The molecule has 18 heavy (non-hydrogen) atoms. The number of nitrogens with one attached hydrogen (secondary N) is 1. The van der Waals surface area contributed by atoms with Gasteiger partial charge in [0.1, 0.15) is 0 Å². The van der Waals surface area contributed by atoms with Crippen LogP contribution < -0.4 is 10.5 Å². The van der Waals surface area contributed by atoms with Gasteiger partial charge in [-0.25, -0.2) is 13.6 Å². The van der Waals surface area contributed by atoms with Crippen molar-refractivity contribution in [2.45, 2.75) is 30.3 Å². The van der Waals surface area contributed by atoms with Gasteiger partial charge in [0.15, 0.2) is 0 Å². The normalized spacial score (nSPS) is 20.6. The van der Waals surface area contributed by atoms with Crippen molar-refractivity contribution in [2.24, 2.45) is 5.14 Å². The summed E-state index contributed by atoms with van der Waals surface area (Å²) < 4.78 is 27.8. The summed E-state index contributed by atoms with van der Waals surface area (Å²) in [7, 11) is -3.61. The lowest BCUT2D eigenvalue weighted by atomic mass is 10.1. The maximum atomic E-state index is 11.1. The highest BCUT2D eigenvalue weighted by Gasteiger charge is 2.13. The fraction of sp³-hybridized carbons (Fsp3) is 0.500. The number of sulfonamides is 1. The fourth-order valence-electron chi connectivity index (χ4n) is 1.96. The number of rotatable bonds is 4. The molecule has 100 valence electrons. The Balaban J connectivity index is 1.90. The van der Waals surface area contributed by atoms with Gasteiger partial charge in [-0.05, 0) is 43.5 Å². The predicted molar refractivity (Wildman–Crippen MR) is 69.9 cm³/mol. The van der Waals surface area contributed by atoms with Gasteiger partial charge in [0.05, 0.1) is 11.0 Å². The van der Waals surface area contributed by atoms with Gasteiger partial charge >= 0.3 is 0 Å². The molecule has 0 aromatic heterocycles. The number of primary sulfonamides is 1. The minimum absolute atomic E-state index is 0.127. The first-order valence-corrected chi connectivity index (χ1v) is 7.59. The van der Waals surface area contributed by atoms with Crippen LogP contribution in [0.15, 0.2) is 29.2 Å². The third-order valence-electron chi connectivity index (χ3n) is 2.99. The Labute approximate surface area is 107 Å². The molecule has 6 heteroatoms. The molecular formula is C12H18N2O3S. The van der Waals surface area contributed by atoms with Crippen molar-refractivity contribution in [2.75, 3.05) is 18.5 Å². The summed E-state index contributed by atoms with van der Waals surface area (Å²) in [6, 6.07) is 6.42. The van der Waals surface area contributed by atoms with E-state index >= 15 is 0 Å². The monoisotopic (exact) mass is 270 g/mol. The predicted octanol–water partition coefficient (Wildman–Crippen LogP) is 1.31. The molecule has 0 saturated carbocycles. The topological polar surface area (TPSA) is 81.4 Å². The summed E-state index contributed by atoms with van der Waals surface area (Å²) in [6.45, 7) is 1.57. The number of benzene rings is 1. The minimum atomic E-state index is -3.61. The van der Waals surface area contributed by atoms with Crippen molar-refractivity contribution in [3.8, 4) is 0 Å². The highest BCUT2D eigenvalue weighted by atomic mass is 32.2. The summed E-state index contributed by atoms with van der Waals surface area (Å²) in [5.41, 5.74) is 0.872. The molecule has 2 rings (SSSR count). The largest absolute Gasteiger partial charge is 0.382 e. The average Bonchev–Trinajstić information content (AvgIpc) is 2.37. The fourth-order valence-corrected chi connectivity index (χ4v) is 2.48. The van der Waals surface area contributed by atoms with Crippen molar-refractivity contribution in [3.05, 3.63) is 24.3 Å². The summed E-state index contributed by atoms with van der Waals surface area (Å²) >= 11 is 0. The molecule has 5 nitrogen and oxygen atoms in total. The van der Waals surface area contributed by atoms with E-state index in [1.54, 1.807) is 12.1 Å². The average molecular weight is 270 g/mol. The third-order valence-corrected chi connectivity index (χ3v) is 3.92. The number of anilines is 1. The maximum Gasteiger partial charge on any atom is 0.238 e. The van der Waals surface area contributed by atoms with Crippen LogP contribution in [-0.4, -0.2) is 27.7 Å². The smallest absolute Gasteiger partial charge is 0.238 e. The minimum Gasteiger partial charge on any atom is -0.382 e. The van der Waals surface area contributed by atoms with Gasteiger partial charge in [-0.1, -0.05) is 0 Å². The Morgan fingerprint density at radius 1 is 1.28 bits per heavy atom. The number of hydrogen-bond acceptors (Lipinski definition) is 4. The van der Waals surface area contributed by atoms with Gasteiger partial charge < -0.3 is 10.1 Å². The highest BCUT2D eigenvalue weighted by molar-refractivity contribution is 7.89. The van der Waals surface area contributed by atoms with Crippen molar-refractivity contribution >= 4 is 15.7 Å². The molecule has 0 aliphatic carbocycles. The van der Waals surface area contributed by atoms with Gasteiger partial charge in [0, 0.05) is 18.8 Å². The maximum absolute atomic E-state index is 11.1. The summed E-state index contributed by atoms with van der Waals surface area (Å²) in [4.78, 5) is 0.127. The van der Waals surface area contributed by atoms with Crippen LogP contribution in [-0.2, 0) is 14.8 Å². The molecule has 1 heterocycles. The van der Waals surface area contributed by atoms with Gasteiger partial charge in [-0.3, -0.25) is 0 Å². The zero-order chi connectivity index (χ0) is 13.0. The van der Waals surface area contributed by atoms with E-state index in [4.69, 9.17) is 9.88 Å². The van der Waals surface area contributed by atoms with Gasteiger partial charge in [0.25, 0.3) is 0 Å². The Morgan fingerprint density at radius 3 is 2.56 bits per heavy atom. The first kappa shape index (κ1) is 13.3. The Bertz CT molecular complexity index is 479. The molecule has 1 aliphatic rings. The second-order valence-electron chi connectivity index (χ2n) is 4.44. The van der Waals surface area contributed by atoms with Crippen molar-refractivity contribution in [1.29, 1.82) is 0 Å². The molecule has 0 amide bonds. The van der Waals surface area contributed by atoms with Crippen LogP contribution in [0.4, 0.5) is 5.69 Å². The van der Waals surface area contributed by atoms with E-state index in [0.717, 1.165) is 31.7 Å². The van der Waals surface area contributed by atoms with E-state index in [1.807, 2.05) is 0 Å². The second-order valence-corrected chi connectivity index (χ2v) is 6.00. The number of nitrogens with two attached hydrogens (primary N) is 1. The molecule has 1 aliphatic heterocycles. The molecule has 0 radical (unpaired) electrons. The summed E-state index contributed by atoms with van der Waals surface area (Å²) in [5, 5.41) is 8.26. The standard InChI is InChI=1S/C12H18N2O3S/c13-18(15,16)12-6-4-10(5-7-12)14-9-11-3-1-2-8-17-11/h4-7,11,14H,1-3,8-9H2,(H2,13,15,16). The van der Waals surface area contributed by atoms with Gasteiger partial charge in [0.2, 0.25) is 10.0 Å². The van der Waals surface area contributed by atoms with E-state index < -0.39 is 10.0 Å².